The van der Waals surface area contributed by atoms with Gasteiger partial charge in [0.25, 0.3) is 0 Å². The second-order valence-corrected chi connectivity index (χ2v) is 12.1. The maximum absolute atomic E-state index is 5.63. The van der Waals surface area contributed by atoms with E-state index in [9.17, 15) is 0 Å². The summed E-state index contributed by atoms with van der Waals surface area (Å²) in [5.41, 5.74) is 7.10. The molecule has 1 aliphatic carbocycles. The van der Waals surface area contributed by atoms with Crippen LogP contribution in [0.4, 0.5) is 0 Å². The summed E-state index contributed by atoms with van der Waals surface area (Å²) in [6, 6.07) is 53.4. The zero-order valence-corrected chi connectivity index (χ0v) is 25.5. The molecule has 0 fully saturated rings. The average molecular weight is 591 g/mol. The third-order valence-corrected chi connectivity index (χ3v) is 9.84. The lowest BCUT2D eigenvalue weighted by molar-refractivity contribution is 0.415. The van der Waals surface area contributed by atoms with E-state index in [1.807, 2.05) is 6.07 Å². The van der Waals surface area contributed by atoms with E-state index in [1.54, 1.807) is 7.11 Å². The first kappa shape index (κ1) is 26.5. The first-order valence-electron chi connectivity index (χ1n) is 15.6. The quantitative estimate of drug-likeness (QED) is 0.186. The Labute approximate surface area is 267 Å². The van der Waals surface area contributed by atoms with Crippen LogP contribution in [0.15, 0.2) is 158 Å². The molecule has 0 radical (unpaired) electrons. The van der Waals surface area contributed by atoms with E-state index < -0.39 is 5.41 Å². The molecule has 1 aliphatic rings. The van der Waals surface area contributed by atoms with Crippen molar-refractivity contribution in [2.75, 3.05) is 7.11 Å². The maximum atomic E-state index is 5.63. The van der Waals surface area contributed by atoms with Crippen molar-refractivity contribution in [2.24, 2.45) is 0 Å². The molecular formula is C44H30O2. The summed E-state index contributed by atoms with van der Waals surface area (Å²) in [6.45, 7) is 3.74. The Morgan fingerprint density at radius 1 is 0.478 bits per heavy atom. The topological polar surface area (TPSA) is 18.5 Å². The molecule has 0 aromatic heterocycles. The standard InChI is InChI=1S/C44H30O2/c1-3-46-37-21-15-31-25-35(19-13-33(31)27-37)44(34-18-12-32-26-36(45-2)20-14-30(32)24-34)42-38-10-6-4-8-28(38)16-22-40(42)41-23-17-29-9-5-7-11-39(29)43(41)44/h3-27H,1H2,2H3. The third kappa shape index (κ3) is 3.71. The smallest absolute Gasteiger partial charge is 0.127 e. The Morgan fingerprint density at radius 3 is 1.48 bits per heavy atom. The van der Waals surface area contributed by atoms with E-state index in [2.05, 4.69) is 146 Å². The number of benzene rings is 8. The molecule has 0 saturated carbocycles. The van der Waals surface area contributed by atoms with Crippen LogP contribution >= 0.6 is 0 Å². The summed E-state index contributed by atoms with van der Waals surface area (Å²) in [4.78, 5) is 0. The molecule has 218 valence electrons. The summed E-state index contributed by atoms with van der Waals surface area (Å²) in [5, 5.41) is 9.63. The summed E-state index contributed by atoms with van der Waals surface area (Å²) < 4.78 is 11.2. The van der Waals surface area contributed by atoms with Gasteiger partial charge in [-0.1, -0.05) is 116 Å². The van der Waals surface area contributed by atoms with Gasteiger partial charge in [0.15, 0.2) is 0 Å². The molecule has 0 spiro atoms. The van der Waals surface area contributed by atoms with Crippen molar-refractivity contribution >= 4 is 43.1 Å². The summed E-state index contributed by atoms with van der Waals surface area (Å²) >= 11 is 0. The minimum Gasteiger partial charge on any atom is -0.497 e. The molecule has 0 N–H and O–H groups in total. The molecule has 2 nitrogen and oxygen atoms in total. The molecule has 46 heavy (non-hydrogen) atoms. The van der Waals surface area contributed by atoms with Gasteiger partial charge in [-0.15, -0.1) is 0 Å². The van der Waals surface area contributed by atoms with Crippen molar-refractivity contribution in [3.05, 3.63) is 181 Å². The SMILES string of the molecule is C=COc1ccc2cc(C3(c4ccc5cc(OC)ccc5c4)c4c(ccc5ccccc45)-c4ccc5ccccc5c43)ccc2c1. The summed E-state index contributed by atoms with van der Waals surface area (Å²) in [6.07, 6.45) is 1.47. The summed E-state index contributed by atoms with van der Waals surface area (Å²) in [7, 11) is 1.72. The van der Waals surface area contributed by atoms with Crippen molar-refractivity contribution in [3.8, 4) is 22.6 Å². The highest BCUT2D eigenvalue weighted by Gasteiger charge is 2.48. The van der Waals surface area contributed by atoms with E-state index in [0.717, 1.165) is 27.7 Å². The lowest BCUT2D eigenvalue weighted by Crippen LogP contribution is -2.29. The van der Waals surface area contributed by atoms with Gasteiger partial charge in [0.2, 0.25) is 0 Å². The van der Waals surface area contributed by atoms with Crippen molar-refractivity contribution in [1.29, 1.82) is 0 Å². The van der Waals surface area contributed by atoms with Gasteiger partial charge in [0.1, 0.15) is 11.5 Å². The average Bonchev–Trinajstić information content (AvgIpc) is 3.43. The van der Waals surface area contributed by atoms with Gasteiger partial charge in [-0.3, -0.25) is 0 Å². The molecule has 0 bridgehead atoms. The molecule has 2 heteroatoms. The second-order valence-electron chi connectivity index (χ2n) is 12.1. The fourth-order valence-electron chi connectivity index (χ4n) is 7.88. The van der Waals surface area contributed by atoms with Crippen molar-refractivity contribution in [2.45, 2.75) is 5.41 Å². The third-order valence-electron chi connectivity index (χ3n) is 9.84. The van der Waals surface area contributed by atoms with E-state index in [4.69, 9.17) is 9.47 Å². The van der Waals surface area contributed by atoms with Gasteiger partial charge >= 0.3 is 0 Å². The van der Waals surface area contributed by atoms with Crippen LogP contribution < -0.4 is 9.47 Å². The molecule has 8 aromatic rings. The monoisotopic (exact) mass is 590 g/mol. The van der Waals surface area contributed by atoms with Gasteiger partial charge in [-0.2, -0.15) is 0 Å². The van der Waals surface area contributed by atoms with Gasteiger partial charge in [0, 0.05) is 0 Å². The van der Waals surface area contributed by atoms with Crippen LogP contribution in [0.1, 0.15) is 22.3 Å². The first-order chi connectivity index (χ1) is 22.7. The van der Waals surface area contributed by atoms with Crippen LogP contribution in [0.2, 0.25) is 0 Å². The molecule has 0 atom stereocenters. The highest BCUT2D eigenvalue weighted by molar-refractivity contribution is 6.07. The molecule has 0 saturated heterocycles. The molecule has 0 heterocycles. The lowest BCUT2D eigenvalue weighted by atomic mass is 9.65. The Balaban J connectivity index is 1.48. The number of methoxy groups -OCH3 is 1. The maximum Gasteiger partial charge on any atom is 0.127 e. The second kappa shape index (κ2) is 10.1. The minimum absolute atomic E-state index is 0.592. The normalized spacial score (nSPS) is 13.2. The highest BCUT2D eigenvalue weighted by atomic mass is 16.5. The van der Waals surface area contributed by atoms with Gasteiger partial charge in [-0.25, -0.2) is 0 Å². The lowest BCUT2D eigenvalue weighted by Gasteiger charge is -2.36. The molecule has 0 unspecified atom stereocenters. The minimum atomic E-state index is -0.592. The van der Waals surface area contributed by atoms with Crippen LogP contribution in [-0.4, -0.2) is 7.11 Å². The fraction of sp³-hybridized carbons (Fsp3) is 0.0455. The predicted octanol–water partition coefficient (Wildman–Crippen LogP) is 11.2. The highest BCUT2D eigenvalue weighted by Crippen LogP contribution is 2.60. The van der Waals surface area contributed by atoms with Gasteiger partial charge in [-0.05, 0) is 113 Å². The molecule has 8 aromatic carbocycles. The van der Waals surface area contributed by atoms with Crippen molar-refractivity contribution in [3.63, 3.8) is 0 Å². The Kier molecular flexibility index (Phi) is 5.82. The summed E-state index contributed by atoms with van der Waals surface area (Å²) in [5.74, 6) is 1.64. The molecule has 9 rings (SSSR count). The van der Waals surface area contributed by atoms with Crippen LogP contribution in [0, 0.1) is 0 Å². The Hall–Kier alpha value is -5.86. The van der Waals surface area contributed by atoms with Crippen LogP contribution in [0.25, 0.3) is 54.2 Å². The zero-order valence-electron chi connectivity index (χ0n) is 25.5. The number of hydrogen-bond donors (Lipinski definition) is 0. The van der Waals surface area contributed by atoms with Gasteiger partial charge < -0.3 is 9.47 Å². The van der Waals surface area contributed by atoms with Crippen molar-refractivity contribution < 1.29 is 9.47 Å². The molecule has 0 aliphatic heterocycles. The van der Waals surface area contributed by atoms with Gasteiger partial charge in [0.05, 0.1) is 18.8 Å². The van der Waals surface area contributed by atoms with E-state index in [1.165, 1.54) is 66.6 Å². The van der Waals surface area contributed by atoms with E-state index in [-0.39, 0.29) is 0 Å². The molecule has 0 amide bonds. The number of fused-ring (bicyclic) bond motifs is 9. The number of rotatable bonds is 5. The van der Waals surface area contributed by atoms with Crippen molar-refractivity contribution in [1.82, 2.24) is 0 Å². The van der Waals surface area contributed by atoms with Crippen LogP contribution in [0.5, 0.6) is 11.5 Å². The van der Waals surface area contributed by atoms with Crippen LogP contribution in [0.3, 0.4) is 0 Å². The first-order valence-corrected chi connectivity index (χ1v) is 15.6. The number of ether oxygens (including phenoxy) is 2. The largest absolute Gasteiger partial charge is 0.497 e. The molecular weight excluding hydrogens is 560 g/mol. The van der Waals surface area contributed by atoms with E-state index in [0.29, 0.717) is 0 Å². The van der Waals surface area contributed by atoms with Crippen LogP contribution in [-0.2, 0) is 5.41 Å². The fourth-order valence-corrected chi connectivity index (χ4v) is 7.88. The van der Waals surface area contributed by atoms with E-state index >= 15 is 0 Å². The Bertz CT molecular complexity index is 2440. The predicted molar refractivity (Wildman–Crippen MR) is 191 cm³/mol. The number of hydrogen-bond acceptors (Lipinski definition) is 2. The Morgan fingerprint density at radius 2 is 0.935 bits per heavy atom. The zero-order chi connectivity index (χ0) is 30.8.